The number of rotatable bonds is 4. The van der Waals surface area contributed by atoms with Crippen molar-refractivity contribution in [3.8, 4) is 0 Å². The van der Waals surface area contributed by atoms with E-state index in [1.165, 1.54) is 12.1 Å². The minimum Gasteiger partial charge on any atom is -0.278 e. The van der Waals surface area contributed by atoms with Crippen LogP contribution in [0.1, 0.15) is 5.56 Å². The van der Waals surface area contributed by atoms with Crippen molar-refractivity contribution in [1.29, 1.82) is 0 Å². The van der Waals surface area contributed by atoms with E-state index in [9.17, 15) is 10.1 Å². The predicted molar refractivity (Wildman–Crippen MR) is 86.1 cm³/mol. The maximum Gasteiger partial charge on any atom is 0.269 e. The number of hydrogen-bond acceptors (Lipinski definition) is 5. The smallest absolute Gasteiger partial charge is 0.269 e. The van der Waals surface area contributed by atoms with Gasteiger partial charge in [0.15, 0.2) is 0 Å². The Labute approximate surface area is 126 Å². The zero-order valence-corrected chi connectivity index (χ0v) is 11.5. The maximum absolute atomic E-state index is 10.6. The average molecular weight is 292 g/mol. The third-order valence-electron chi connectivity index (χ3n) is 3.16. The maximum atomic E-state index is 10.6. The Balaban J connectivity index is 1.77. The van der Waals surface area contributed by atoms with Crippen molar-refractivity contribution >= 4 is 28.5 Å². The van der Waals surface area contributed by atoms with E-state index in [0.717, 1.165) is 16.5 Å². The van der Waals surface area contributed by atoms with Crippen molar-refractivity contribution in [2.45, 2.75) is 0 Å². The van der Waals surface area contributed by atoms with Crippen LogP contribution in [0.15, 0.2) is 65.9 Å². The van der Waals surface area contributed by atoms with E-state index in [1.54, 1.807) is 24.5 Å². The number of hydrogen-bond donors (Lipinski definition) is 1. The average Bonchev–Trinajstić information content (AvgIpc) is 2.55. The first-order valence-electron chi connectivity index (χ1n) is 6.61. The molecule has 0 radical (unpaired) electrons. The highest BCUT2D eigenvalue weighted by Gasteiger charge is 2.03. The minimum atomic E-state index is -0.434. The summed E-state index contributed by atoms with van der Waals surface area (Å²) >= 11 is 0. The van der Waals surface area contributed by atoms with Crippen molar-refractivity contribution in [3.05, 3.63) is 76.5 Å². The third kappa shape index (κ3) is 2.90. The predicted octanol–water partition coefficient (Wildman–Crippen LogP) is 3.59. The number of non-ortho nitro benzene ring substituents is 1. The summed E-state index contributed by atoms with van der Waals surface area (Å²) in [5, 5.41) is 15.8. The van der Waals surface area contributed by atoms with Crippen molar-refractivity contribution in [3.63, 3.8) is 0 Å². The van der Waals surface area contributed by atoms with E-state index >= 15 is 0 Å². The van der Waals surface area contributed by atoms with Gasteiger partial charge in [-0.1, -0.05) is 18.2 Å². The summed E-state index contributed by atoms with van der Waals surface area (Å²) in [5.74, 6) is 0. The molecule has 1 heterocycles. The number of nitrogens with zero attached hydrogens (tertiary/aromatic N) is 3. The summed E-state index contributed by atoms with van der Waals surface area (Å²) in [6, 6.07) is 15.8. The number of hydrazone groups is 1. The Kier molecular flexibility index (Phi) is 3.74. The number of aromatic nitrogens is 1. The van der Waals surface area contributed by atoms with Crippen LogP contribution in [0.2, 0.25) is 0 Å². The largest absolute Gasteiger partial charge is 0.278 e. The van der Waals surface area contributed by atoms with Gasteiger partial charge in [0.05, 0.1) is 22.3 Å². The summed E-state index contributed by atoms with van der Waals surface area (Å²) in [4.78, 5) is 14.4. The van der Waals surface area contributed by atoms with Crippen molar-refractivity contribution in [1.82, 2.24) is 4.98 Å². The van der Waals surface area contributed by atoms with Gasteiger partial charge in [0.2, 0.25) is 0 Å². The molecule has 0 unspecified atom stereocenters. The lowest BCUT2D eigenvalue weighted by molar-refractivity contribution is -0.384. The number of para-hydroxylation sites is 1. The van der Waals surface area contributed by atoms with Gasteiger partial charge in [-0.3, -0.25) is 20.5 Å². The molecule has 22 heavy (non-hydrogen) atoms. The van der Waals surface area contributed by atoms with E-state index in [0.29, 0.717) is 5.69 Å². The fraction of sp³-hybridized carbons (Fsp3) is 0. The summed E-state index contributed by atoms with van der Waals surface area (Å²) < 4.78 is 0. The van der Waals surface area contributed by atoms with Gasteiger partial charge in [-0.25, -0.2) is 0 Å². The number of fused-ring (bicyclic) bond motifs is 1. The number of pyridine rings is 1. The van der Waals surface area contributed by atoms with Crippen LogP contribution in [0.3, 0.4) is 0 Å². The van der Waals surface area contributed by atoms with Crippen LogP contribution in [0, 0.1) is 10.1 Å². The molecule has 0 bridgehead atoms. The Hall–Kier alpha value is -3.28. The molecule has 1 aromatic heterocycles. The second kappa shape index (κ2) is 6.01. The molecule has 1 N–H and O–H groups in total. The van der Waals surface area contributed by atoms with Crippen molar-refractivity contribution in [2.75, 3.05) is 5.43 Å². The van der Waals surface area contributed by atoms with Crippen molar-refractivity contribution < 1.29 is 4.92 Å². The standard InChI is InChI=1S/C16H12N4O2/c21-20(22)14-7-5-13(6-8-14)19-18-11-12-9-10-17-16-4-2-1-3-15(12)16/h1-11,19H/b18-11+. The van der Waals surface area contributed by atoms with E-state index in [-0.39, 0.29) is 5.69 Å². The fourth-order valence-electron chi connectivity index (χ4n) is 2.06. The second-order valence-electron chi connectivity index (χ2n) is 4.59. The summed E-state index contributed by atoms with van der Waals surface area (Å²) in [6.07, 6.45) is 3.43. The van der Waals surface area contributed by atoms with Crippen LogP contribution < -0.4 is 5.43 Å². The quantitative estimate of drug-likeness (QED) is 0.452. The summed E-state index contributed by atoms with van der Waals surface area (Å²) in [7, 11) is 0. The topological polar surface area (TPSA) is 80.4 Å². The lowest BCUT2D eigenvalue weighted by Crippen LogP contribution is -1.93. The lowest BCUT2D eigenvalue weighted by Gasteiger charge is -2.02. The molecule has 0 aliphatic heterocycles. The molecule has 6 heteroatoms. The van der Waals surface area contributed by atoms with E-state index in [2.05, 4.69) is 15.5 Å². The monoisotopic (exact) mass is 292 g/mol. The number of anilines is 1. The minimum absolute atomic E-state index is 0.0506. The number of nitrogens with one attached hydrogen (secondary N) is 1. The molecule has 0 fully saturated rings. The Morgan fingerprint density at radius 3 is 2.64 bits per heavy atom. The Bertz CT molecular complexity index is 839. The highest BCUT2D eigenvalue weighted by Crippen LogP contribution is 2.16. The zero-order chi connectivity index (χ0) is 15.4. The summed E-state index contributed by atoms with van der Waals surface area (Å²) in [6.45, 7) is 0. The molecule has 3 aromatic rings. The Morgan fingerprint density at radius 1 is 1.09 bits per heavy atom. The van der Waals surface area contributed by atoms with Crippen molar-refractivity contribution in [2.24, 2.45) is 5.10 Å². The first kappa shape index (κ1) is 13.7. The van der Waals surface area contributed by atoms with Crippen LogP contribution in [0.5, 0.6) is 0 Å². The van der Waals surface area contributed by atoms with E-state index in [4.69, 9.17) is 0 Å². The fourth-order valence-corrected chi connectivity index (χ4v) is 2.06. The Morgan fingerprint density at radius 2 is 1.86 bits per heavy atom. The molecule has 0 spiro atoms. The highest BCUT2D eigenvalue weighted by molar-refractivity contribution is 5.98. The molecule has 108 valence electrons. The summed E-state index contributed by atoms with van der Waals surface area (Å²) in [5.41, 5.74) is 5.43. The molecule has 3 rings (SSSR count). The van der Waals surface area contributed by atoms with Crippen LogP contribution >= 0.6 is 0 Å². The van der Waals surface area contributed by atoms with Crippen LogP contribution in [0.4, 0.5) is 11.4 Å². The molecule has 0 atom stereocenters. The van der Waals surface area contributed by atoms with Gasteiger partial charge in [0, 0.05) is 29.3 Å². The van der Waals surface area contributed by atoms with Crippen LogP contribution in [-0.4, -0.2) is 16.1 Å². The molecule has 0 aliphatic rings. The van der Waals surface area contributed by atoms with E-state index < -0.39 is 4.92 Å². The second-order valence-corrected chi connectivity index (χ2v) is 4.59. The van der Waals surface area contributed by atoms with Gasteiger partial charge in [-0.15, -0.1) is 0 Å². The molecule has 0 saturated heterocycles. The highest BCUT2D eigenvalue weighted by atomic mass is 16.6. The van der Waals surface area contributed by atoms with Gasteiger partial charge in [-0.05, 0) is 24.3 Å². The lowest BCUT2D eigenvalue weighted by atomic mass is 10.1. The zero-order valence-electron chi connectivity index (χ0n) is 11.5. The molecule has 2 aromatic carbocycles. The first-order valence-corrected chi connectivity index (χ1v) is 6.61. The van der Waals surface area contributed by atoms with Crippen LogP contribution in [0.25, 0.3) is 10.9 Å². The molecule has 6 nitrogen and oxygen atoms in total. The molecule has 0 amide bonds. The molecular weight excluding hydrogens is 280 g/mol. The van der Waals surface area contributed by atoms with Gasteiger partial charge in [0.25, 0.3) is 5.69 Å². The molecule has 0 aliphatic carbocycles. The molecular formula is C16H12N4O2. The first-order chi connectivity index (χ1) is 10.7. The van der Waals surface area contributed by atoms with Gasteiger partial charge in [-0.2, -0.15) is 5.10 Å². The van der Waals surface area contributed by atoms with Gasteiger partial charge < -0.3 is 0 Å². The van der Waals surface area contributed by atoms with Crippen LogP contribution in [-0.2, 0) is 0 Å². The SMILES string of the molecule is O=[N+]([O-])c1ccc(N/N=C/c2ccnc3ccccc23)cc1. The van der Waals surface area contributed by atoms with Gasteiger partial charge in [0.1, 0.15) is 0 Å². The molecule has 0 saturated carbocycles. The van der Waals surface area contributed by atoms with E-state index in [1.807, 2.05) is 30.3 Å². The number of nitro groups is 1. The third-order valence-corrected chi connectivity index (χ3v) is 3.16. The number of nitro benzene ring substituents is 1. The normalized spacial score (nSPS) is 10.9. The van der Waals surface area contributed by atoms with Gasteiger partial charge >= 0.3 is 0 Å². The number of benzene rings is 2.